The summed E-state index contributed by atoms with van der Waals surface area (Å²) in [6.07, 6.45) is 3.17. The average Bonchev–Trinajstić information content (AvgIpc) is 2.75. The molecular weight excluding hydrogens is 368 g/mol. The molecule has 2 aromatic carbocycles. The standard InChI is InChI=1S/C23H28N2O4/c1-2-3-11-20(23(28)29)24-21(26)17-12-14-25(15-13-17)22(27)19-10-6-8-16-7-4-5-9-18(16)19/h4-10,17,20H,2-3,11-15H2,1H3,(H,24,26)(H,28,29)/t20-/m0/s1. The van der Waals surface area contributed by atoms with Crippen molar-refractivity contribution in [3.63, 3.8) is 0 Å². The summed E-state index contributed by atoms with van der Waals surface area (Å²) in [7, 11) is 0. The van der Waals surface area contributed by atoms with E-state index in [2.05, 4.69) is 5.32 Å². The van der Waals surface area contributed by atoms with E-state index < -0.39 is 12.0 Å². The lowest BCUT2D eigenvalue weighted by Crippen LogP contribution is -2.47. The number of carboxylic acid groups (broad SMARTS) is 1. The van der Waals surface area contributed by atoms with Crippen molar-refractivity contribution < 1.29 is 19.5 Å². The molecule has 29 heavy (non-hydrogen) atoms. The van der Waals surface area contributed by atoms with E-state index in [4.69, 9.17) is 0 Å². The average molecular weight is 396 g/mol. The van der Waals surface area contributed by atoms with Crippen LogP contribution in [0.25, 0.3) is 10.8 Å². The van der Waals surface area contributed by atoms with E-state index in [0.717, 1.165) is 23.6 Å². The summed E-state index contributed by atoms with van der Waals surface area (Å²) < 4.78 is 0. The van der Waals surface area contributed by atoms with Crippen molar-refractivity contribution >= 4 is 28.6 Å². The van der Waals surface area contributed by atoms with Gasteiger partial charge in [0.1, 0.15) is 6.04 Å². The number of nitrogens with one attached hydrogen (secondary N) is 1. The third-order valence-corrected chi connectivity index (χ3v) is 5.63. The van der Waals surface area contributed by atoms with Crippen molar-refractivity contribution in [2.75, 3.05) is 13.1 Å². The molecule has 0 aromatic heterocycles. The van der Waals surface area contributed by atoms with Gasteiger partial charge in [0.25, 0.3) is 5.91 Å². The molecule has 0 spiro atoms. The van der Waals surface area contributed by atoms with Gasteiger partial charge in [-0.3, -0.25) is 9.59 Å². The molecule has 2 N–H and O–H groups in total. The Labute approximate surface area is 170 Å². The van der Waals surface area contributed by atoms with Crippen molar-refractivity contribution in [3.8, 4) is 0 Å². The molecule has 1 saturated heterocycles. The zero-order valence-electron chi connectivity index (χ0n) is 16.8. The number of carbonyl (C=O) groups excluding carboxylic acids is 2. The number of carbonyl (C=O) groups is 3. The number of likely N-dealkylation sites (tertiary alicyclic amines) is 1. The number of carboxylic acids is 1. The van der Waals surface area contributed by atoms with Crippen LogP contribution in [0.3, 0.4) is 0 Å². The largest absolute Gasteiger partial charge is 0.480 e. The summed E-state index contributed by atoms with van der Waals surface area (Å²) >= 11 is 0. The minimum absolute atomic E-state index is 0.0213. The van der Waals surface area contributed by atoms with Crippen LogP contribution in [0.1, 0.15) is 49.4 Å². The molecule has 1 heterocycles. The summed E-state index contributed by atoms with van der Waals surface area (Å²) in [5, 5.41) is 13.9. The number of nitrogens with zero attached hydrogens (tertiary/aromatic N) is 1. The second kappa shape index (κ2) is 9.54. The monoisotopic (exact) mass is 396 g/mol. The maximum atomic E-state index is 13.0. The summed E-state index contributed by atoms with van der Waals surface area (Å²) in [4.78, 5) is 38.7. The predicted molar refractivity (Wildman–Crippen MR) is 112 cm³/mol. The third kappa shape index (κ3) is 4.94. The molecule has 154 valence electrons. The quantitative estimate of drug-likeness (QED) is 0.750. The topological polar surface area (TPSA) is 86.7 Å². The fourth-order valence-electron chi connectivity index (χ4n) is 3.88. The Balaban J connectivity index is 1.60. The maximum absolute atomic E-state index is 13.0. The Kier molecular flexibility index (Phi) is 6.86. The minimum Gasteiger partial charge on any atom is -0.480 e. The van der Waals surface area contributed by atoms with Gasteiger partial charge in [0, 0.05) is 24.6 Å². The van der Waals surface area contributed by atoms with Crippen LogP contribution in [0.2, 0.25) is 0 Å². The highest BCUT2D eigenvalue weighted by Gasteiger charge is 2.30. The van der Waals surface area contributed by atoms with Gasteiger partial charge in [-0.15, -0.1) is 0 Å². The second-order valence-corrected chi connectivity index (χ2v) is 7.63. The Morgan fingerprint density at radius 2 is 1.79 bits per heavy atom. The van der Waals surface area contributed by atoms with E-state index in [1.807, 2.05) is 49.4 Å². The molecule has 1 aliphatic rings. The van der Waals surface area contributed by atoms with Gasteiger partial charge in [0.15, 0.2) is 0 Å². The van der Waals surface area contributed by atoms with E-state index in [-0.39, 0.29) is 17.7 Å². The molecular formula is C23H28N2O4. The van der Waals surface area contributed by atoms with Crippen molar-refractivity contribution in [3.05, 3.63) is 48.0 Å². The number of rotatable bonds is 7. The van der Waals surface area contributed by atoms with Crippen molar-refractivity contribution in [2.45, 2.75) is 45.1 Å². The molecule has 0 unspecified atom stereocenters. The zero-order valence-corrected chi connectivity index (χ0v) is 16.8. The molecule has 3 rings (SSSR count). The number of fused-ring (bicyclic) bond motifs is 1. The molecule has 2 aromatic rings. The smallest absolute Gasteiger partial charge is 0.326 e. The minimum atomic E-state index is -0.990. The molecule has 6 heteroatoms. The Morgan fingerprint density at radius 1 is 1.10 bits per heavy atom. The van der Waals surface area contributed by atoms with Crippen LogP contribution in [-0.2, 0) is 9.59 Å². The van der Waals surface area contributed by atoms with Crippen LogP contribution in [0.5, 0.6) is 0 Å². The molecule has 2 amide bonds. The first kappa shape index (κ1) is 20.8. The molecule has 0 saturated carbocycles. The van der Waals surface area contributed by atoms with Crippen LogP contribution in [0.15, 0.2) is 42.5 Å². The van der Waals surface area contributed by atoms with Crippen molar-refractivity contribution in [2.24, 2.45) is 5.92 Å². The number of piperidine rings is 1. The lowest BCUT2D eigenvalue weighted by atomic mass is 9.94. The van der Waals surface area contributed by atoms with Crippen LogP contribution in [-0.4, -0.2) is 46.9 Å². The number of aliphatic carboxylic acids is 1. The van der Waals surface area contributed by atoms with E-state index >= 15 is 0 Å². The highest BCUT2D eigenvalue weighted by Crippen LogP contribution is 2.24. The van der Waals surface area contributed by atoms with E-state index in [9.17, 15) is 19.5 Å². The molecule has 1 aliphatic heterocycles. The van der Waals surface area contributed by atoms with Gasteiger partial charge in [-0.05, 0) is 36.1 Å². The van der Waals surface area contributed by atoms with E-state index in [1.165, 1.54) is 0 Å². The van der Waals surface area contributed by atoms with Crippen molar-refractivity contribution in [1.82, 2.24) is 10.2 Å². The summed E-state index contributed by atoms with van der Waals surface area (Å²) in [5.41, 5.74) is 0.677. The van der Waals surface area contributed by atoms with Gasteiger partial charge >= 0.3 is 5.97 Å². The fourth-order valence-corrected chi connectivity index (χ4v) is 3.88. The normalized spacial score (nSPS) is 15.8. The number of amides is 2. The SMILES string of the molecule is CCCC[C@H](NC(=O)C1CCN(C(=O)c2cccc3ccccc23)CC1)C(=O)O. The van der Waals surface area contributed by atoms with E-state index in [1.54, 1.807) is 4.90 Å². The lowest BCUT2D eigenvalue weighted by molar-refractivity contribution is -0.143. The predicted octanol–water partition coefficient (Wildman–Crippen LogP) is 3.45. The Hall–Kier alpha value is -2.89. The molecule has 6 nitrogen and oxygen atoms in total. The summed E-state index contributed by atoms with van der Waals surface area (Å²) in [5.74, 6) is -1.48. The van der Waals surface area contributed by atoms with Crippen molar-refractivity contribution in [1.29, 1.82) is 0 Å². The van der Waals surface area contributed by atoms with Crippen LogP contribution < -0.4 is 5.32 Å². The summed E-state index contributed by atoms with van der Waals surface area (Å²) in [6, 6.07) is 12.7. The highest BCUT2D eigenvalue weighted by molar-refractivity contribution is 6.07. The number of hydrogen-bond donors (Lipinski definition) is 2. The molecule has 0 aliphatic carbocycles. The van der Waals surface area contributed by atoms with Gasteiger partial charge in [-0.2, -0.15) is 0 Å². The molecule has 0 radical (unpaired) electrons. The molecule has 1 fully saturated rings. The zero-order chi connectivity index (χ0) is 20.8. The highest BCUT2D eigenvalue weighted by atomic mass is 16.4. The first-order chi connectivity index (χ1) is 14.0. The number of benzene rings is 2. The molecule has 0 bridgehead atoms. The number of hydrogen-bond acceptors (Lipinski definition) is 3. The molecule has 1 atom stereocenters. The maximum Gasteiger partial charge on any atom is 0.326 e. The van der Waals surface area contributed by atoms with Gasteiger partial charge in [-0.25, -0.2) is 4.79 Å². The first-order valence-electron chi connectivity index (χ1n) is 10.3. The summed E-state index contributed by atoms with van der Waals surface area (Å²) in [6.45, 7) is 2.98. The van der Waals surface area contributed by atoms with Gasteiger partial charge in [-0.1, -0.05) is 56.2 Å². The second-order valence-electron chi connectivity index (χ2n) is 7.63. The van der Waals surface area contributed by atoms with E-state index in [0.29, 0.717) is 37.9 Å². The fraction of sp³-hybridized carbons (Fsp3) is 0.435. The lowest BCUT2D eigenvalue weighted by Gasteiger charge is -2.32. The van der Waals surface area contributed by atoms with Gasteiger partial charge in [0.2, 0.25) is 5.91 Å². The Morgan fingerprint density at radius 3 is 2.48 bits per heavy atom. The van der Waals surface area contributed by atoms with Gasteiger partial charge in [0.05, 0.1) is 0 Å². The third-order valence-electron chi connectivity index (χ3n) is 5.63. The Bertz CT molecular complexity index is 882. The van der Waals surface area contributed by atoms with Crippen LogP contribution in [0.4, 0.5) is 0 Å². The van der Waals surface area contributed by atoms with Gasteiger partial charge < -0.3 is 15.3 Å². The van der Waals surface area contributed by atoms with Crippen LogP contribution >= 0.6 is 0 Å². The first-order valence-corrected chi connectivity index (χ1v) is 10.3. The van der Waals surface area contributed by atoms with Crippen LogP contribution in [0, 0.1) is 5.92 Å². The number of unbranched alkanes of at least 4 members (excludes halogenated alkanes) is 1.